The average Bonchev–Trinajstić information content (AvgIpc) is 2.60. The van der Waals surface area contributed by atoms with Crippen LogP contribution in [0.1, 0.15) is 10.6 Å². The van der Waals surface area contributed by atoms with Gasteiger partial charge in [-0.1, -0.05) is 6.07 Å². The Hall–Kier alpha value is -1.16. The van der Waals surface area contributed by atoms with Crippen LogP contribution in [0, 0.1) is 0 Å². The van der Waals surface area contributed by atoms with Crippen LogP contribution < -0.4 is 0 Å². The highest BCUT2D eigenvalue weighted by atomic mass is 32.1. The number of thiophene rings is 1. The van der Waals surface area contributed by atoms with Gasteiger partial charge in [0.2, 0.25) is 0 Å². The molecule has 0 N–H and O–H groups in total. The average molecular weight is 166 g/mol. The Morgan fingerprint density at radius 1 is 1.55 bits per heavy atom. The van der Waals surface area contributed by atoms with E-state index < -0.39 is 0 Å². The van der Waals surface area contributed by atoms with Gasteiger partial charge in [-0.15, -0.1) is 16.4 Å². The molecule has 2 aromatic rings. The van der Waals surface area contributed by atoms with E-state index >= 15 is 0 Å². The largest absolute Gasteiger partial charge is 0.345 e. The number of rotatable bonds is 2. The summed E-state index contributed by atoms with van der Waals surface area (Å²) >= 11 is 1.71. The second-order valence-electron chi connectivity index (χ2n) is 2.15. The van der Waals surface area contributed by atoms with Crippen LogP contribution in [0.2, 0.25) is 0 Å². The summed E-state index contributed by atoms with van der Waals surface area (Å²) in [6.45, 7) is 0. The van der Waals surface area contributed by atoms with E-state index in [1.165, 1.54) is 4.88 Å². The Morgan fingerprint density at radius 3 is 3.18 bits per heavy atom. The highest BCUT2D eigenvalue weighted by Crippen LogP contribution is 2.12. The van der Waals surface area contributed by atoms with E-state index in [1.807, 2.05) is 11.4 Å². The first-order chi connectivity index (χ1) is 5.45. The molecule has 0 atom stereocenters. The summed E-state index contributed by atoms with van der Waals surface area (Å²) in [5, 5.41) is 9.21. The molecule has 0 aliphatic heterocycles. The monoisotopic (exact) mass is 166 g/mol. The highest BCUT2D eigenvalue weighted by molar-refractivity contribution is 7.09. The molecule has 0 fully saturated rings. The summed E-state index contributed by atoms with van der Waals surface area (Å²) in [5.74, 6) is 0. The lowest BCUT2D eigenvalue weighted by molar-refractivity contribution is 0.392. The molecule has 0 saturated carbocycles. The number of nitrogens with zero attached hydrogens (tertiary/aromatic N) is 2. The van der Waals surface area contributed by atoms with Gasteiger partial charge in [-0.05, 0) is 11.4 Å². The van der Waals surface area contributed by atoms with E-state index in [-0.39, 0.29) is 0 Å². The van der Waals surface area contributed by atoms with Crippen molar-refractivity contribution in [3.8, 4) is 0 Å². The Balaban J connectivity index is 2.14. The molecule has 56 valence electrons. The lowest BCUT2D eigenvalue weighted by Gasteiger charge is -1.86. The van der Waals surface area contributed by atoms with Crippen molar-refractivity contribution >= 4 is 11.3 Å². The van der Waals surface area contributed by atoms with Crippen LogP contribution in [0.4, 0.5) is 0 Å². The van der Waals surface area contributed by atoms with Crippen molar-refractivity contribution in [3.05, 3.63) is 34.3 Å². The molecular weight excluding hydrogens is 160 g/mol. The van der Waals surface area contributed by atoms with Crippen molar-refractivity contribution in [2.45, 2.75) is 6.42 Å². The normalized spacial score (nSPS) is 10.2. The molecule has 11 heavy (non-hydrogen) atoms. The lowest BCUT2D eigenvalue weighted by atomic mass is 10.3. The standard InChI is InChI=1S/C7H6N2OS/c1-2-7(11-3-1)4-6-5-10-9-8-6/h1-3,5H,4H2. The first kappa shape index (κ1) is 6.54. The summed E-state index contributed by atoms with van der Waals surface area (Å²) in [6, 6.07) is 4.09. The van der Waals surface area contributed by atoms with Gasteiger partial charge >= 0.3 is 0 Å². The zero-order chi connectivity index (χ0) is 7.52. The number of hydrogen-bond donors (Lipinski definition) is 0. The summed E-state index contributed by atoms with van der Waals surface area (Å²) in [6.07, 6.45) is 2.39. The van der Waals surface area contributed by atoms with Crippen molar-refractivity contribution < 1.29 is 4.52 Å². The van der Waals surface area contributed by atoms with Gasteiger partial charge in [-0.2, -0.15) is 0 Å². The minimum Gasteiger partial charge on any atom is -0.345 e. The number of hydrogen-bond acceptors (Lipinski definition) is 4. The number of aromatic nitrogens is 2. The van der Waals surface area contributed by atoms with Crippen molar-refractivity contribution in [2.75, 3.05) is 0 Å². The molecule has 2 heterocycles. The molecule has 0 unspecified atom stereocenters. The van der Waals surface area contributed by atoms with E-state index in [2.05, 4.69) is 21.0 Å². The molecule has 0 amide bonds. The lowest BCUT2D eigenvalue weighted by Crippen LogP contribution is -1.83. The van der Waals surface area contributed by atoms with E-state index in [0.29, 0.717) is 0 Å². The minimum atomic E-state index is 0.821. The zero-order valence-electron chi connectivity index (χ0n) is 5.73. The molecule has 0 aliphatic carbocycles. The van der Waals surface area contributed by atoms with Crippen LogP contribution in [0.5, 0.6) is 0 Å². The van der Waals surface area contributed by atoms with Crippen LogP contribution in [0.3, 0.4) is 0 Å². The fourth-order valence-electron chi connectivity index (χ4n) is 0.853. The maximum Gasteiger partial charge on any atom is 0.147 e. The molecule has 0 saturated heterocycles. The summed E-state index contributed by atoms with van der Waals surface area (Å²) in [4.78, 5) is 1.28. The molecular formula is C7H6N2OS. The second-order valence-corrected chi connectivity index (χ2v) is 3.18. The third-order valence-corrected chi connectivity index (χ3v) is 2.22. The van der Waals surface area contributed by atoms with E-state index in [9.17, 15) is 0 Å². The maximum atomic E-state index is 4.61. The van der Waals surface area contributed by atoms with Gasteiger partial charge < -0.3 is 4.52 Å². The van der Waals surface area contributed by atoms with E-state index in [0.717, 1.165) is 12.1 Å². The molecule has 0 aromatic carbocycles. The minimum absolute atomic E-state index is 0.821. The third kappa shape index (κ3) is 1.46. The van der Waals surface area contributed by atoms with Crippen LogP contribution >= 0.6 is 11.3 Å². The Labute approximate surface area is 67.6 Å². The molecule has 0 aliphatic rings. The van der Waals surface area contributed by atoms with Crippen LogP contribution in [0.15, 0.2) is 28.3 Å². The third-order valence-electron chi connectivity index (χ3n) is 1.34. The van der Waals surface area contributed by atoms with Crippen molar-refractivity contribution in [1.82, 2.24) is 10.4 Å². The first-order valence-electron chi connectivity index (χ1n) is 3.23. The molecule has 4 heteroatoms. The molecule has 0 bridgehead atoms. The van der Waals surface area contributed by atoms with Gasteiger partial charge in [-0.25, -0.2) is 0 Å². The quantitative estimate of drug-likeness (QED) is 0.681. The fourth-order valence-corrected chi connectivity index (χ4v) is 1.57. The van der Waals surface area contributed by atoms with Gasteiger partial charge in [-0.3, -0.25) is 0 Å². The molecule has 3 nitrogen and oxygen atoms in total. The van der Waals surface area contributed by atoms with Crippen LogP contribution in [0.25, 0.3) is 0 Å². The van der Waals surface area contributed by atoms with Gasteiger partial charge in [0.05, 0.1) is 0 Å². The van der Waals surface area contributed by atoms with Gasteiger partial charge in [0.25, 0.3) is 0 Å². The van der Waals surface area contributed by atoms with Crippen molar-refractivity contribution in [3.63, 3.8) is 0 Å². The molecule has 2 rings (SSSR count). The summed E-state index contributed by atoms with van der Waals surface area (Å²) in [7, 11) is 0. The summed E-state index contributed by atoms with van der Waals surface area (Å²) in [5.41, 5.74) is 0.882. The first-order valence-corrected chi connectivity index (χ1v) is 4.11. The van der Waals surface area contributed by atoms with Gasteiger partial charge in [0.1, 0.15) is 12.0 Å². The summed E-state index contributed by atoms with van der Waals surface area (Å²) < 4.78 is 4.61. The Bertz CT molecular complexity index is 269. The topological polar surface area (TPSA) is 38.9 Å². The smallest absolute Gasteiger partial charge is 0.147 e. The van der Waals surface area contributed by atoms with Gasteiger partial charge in [0.15, 0.2) is 0 Å². The zero-order valence-corrected chi connectivity index (χ0v) is 6.54. The predicted molar refractivity (Wildman–Crippen MR) is 41.4 cm³/mol. The Kier molecular flexibility index (Phi) is 1.69. The molecule has 0 radical (unpaired) electrons. The van der Waals surface area contributed by atoms with Crippen LogP contribution in [-0.2, 0) is 6.42 Å². The van der Waals surface area contributed by atoms with E-state index in [4.69, 9.17) is 0 Å². The van der Waals surface area contributed by atoms with Crippen LogP contribution in [-0.4, -0.2) is 10.4 Å². The SMILES string of the molecule is c1csc(Cc2conn2)c1. The van der Waals surface area contributed by atoms with Gasteiger partial charge in [0, 0.05) is 16.6 Å². The van der Waals surface area contributed by atoms with Crippen molar-refractivity contribution in [1.29, 1.82) is 0 Å². The molecule has 2 aromatic heterocycles. The van der Waals surface area contributed by atoms with E-state index in [1.54, 1.807) is 17.6 Å². The second kappa shape index (κ2) is 2.84. The Morgan fingerprint density at radius 2 is 2.55 bits per heavy atom. The highest BCUT2D eigenvalue weighted by Gasteiger charge is 1.99. The maximum absolute atomic E-state index is 4.61. The predicted octanol–water partition coefficient (Wildman–Crippen LogP) is 1.72. The van der Waals surface area contributed by atoms with Crippen molar-refractivity contribution in [2.24, 2.45) is 0 Å². The fraction of sp³-hybridized carbons (Fsp3) is 0.143. The molecule has 0 spiro atoms.